The van der Waals surface area contributed by atoms with Crippen LogP contribution in [0.2, 0.25) is 0 Å². The van der Waals surface area contributed by atoms with E-state index in [2.05, 4.69) is 10.3 Å². The van der Waals surface area contributed by atoms with Gasteiger partial charge in [-0.2, -0.15) is 0 Å². The average molecular weight is 383 g/mol. The fraction of sp³-hybridized carbons (Fsp3) is 0.316. The van der Waals surface area contributed by atoms with E-state index >= 15 is 0 Å². The van der Waals surface area contributed by atoms with Gasteiger partial charge in [-0.1, -0.05) is 0 Å². The first kappa shape index (κ1) is 18.1. The molecule has 4 rings (SSSR count). The van der Waals surface area contributed by atoms with Crippen LogP contribution in [-0.2, 0) is 7.05 Å². The Hall–Kier alpha value is -3.33. The molecule has 0 bridgehead atoms. The molecule has 0 saturated heterocycles. The normalized spacial score (nSPS) is 16.3. The lowest BCUT2D eigenvalue weighted by atomic mass is 10.0. The molecule has 9 nitrogen and oxygen atoms in total. The lowest BCUT2D eigenvalue weighted by Crippen LogP contribution is -2.30. The second-order valence-electron chi connectivity index (χ2n) is 6.56. The van der Waals surface area contributed by atoms with Gasteiger partial charge >= 0.3 is 5.69 Å². The van der Waals surface area contributed by atoms with Crippen LogP contribution in [0.15, 0.2) is 23.3 Å². The minimum absolute atomic E-state index is 0.101. The maximum absolute atomic E-state index is 12.9. The zero-order chi connectivity index (χ0) is 20.0. The minimum Gasteiger partial charge on any atom is -0.496 e. The third kappa shape index (κ3) is 2.32. The maximum Gasteiger partial charge on any atom is 0.329 e. The third-order valence-electron chi connectivity index (χ3n) is 5.08. The predicted octanol–water partition coefficient (Wildman–Crippen LogP) is 1.03. The van der Waals surface area contributed by atoms with Gasteiger partial charge in [0.15, 0.2) is 0 Å². The van der Waals surface area contributed by atoms with Crippen molar-refractivity contribution in [3.63, 3.8) is 0 Å². The van der Waals surface area contributed by atoms with Crippen LogP contribution in [0.3, 0.4) is 0 Å². The Morgan fingerprint density at radius 1 is 1.57 bits per heavy atom. The molecule has 0 saturated carbocycles. The number of nitrogens with zero attached hydrogens (tertiary/aromatic N) is 3. The summed E-state index contributed by atoms with van der Waals surface area (Å²) >= 11 is 0. The van der Waals surface area contributed by atoms with Crippen molar-refractivity contribution < 1.29 is 14.6 Å². The van der Waals surface area contributed by atoms with Crippen molar-refractivity contribution in [2.45, 2.75) is 6.04 Å². The number of methoxy groups -OCH3 is 1. The van der Waals surface area contributed by atoms with Gasteiger partial charge in [-0.3, -0.25) is 14.1 Å². The van der Waals surface area contributed by atoms with Gasteiger partial charge in [0.05, 0.1) is 53.5 Å². The standard InChI is InChI=1S/C19H21N5O4/c1-21-6-10(5-20)15-14(27-3)4-12-16-17-13(7-22-12)23(2)19(26)24(17)11(8-25)9-28-18(15)16/h4-7,11,20-21,25H,8-9H2,1-3H3/b10-6+,20-5?. The molecular weight excluding hydrogens is 362 g/mol. The summed E-state index contributed by atoms with van der Waals surface area (Å²) in [6, 6.07) is 1.23. The Morgan fingerprint density at radius 2 is 2.36 bits per heavy atom. The topological polar surface area (TPSA) is 114 Å². The molecule has 1 aliphatic rings. The molecule has 3 N–H and O–H groups in total. The van der Waals surface area contributed by atoms with E-state index in [0.717, 1.165) is 0 Å². The zero-order valence-corrected chi connectivity index (χ0v) is 15.8. The molecule has 0 spiro atoms. The van der Waals surface area contributed by atoms with Gasteiger partial charge in [-0.05, 0) is 0 Å². The molecular formula is C19H21N5O4. The van der Waals surface area contributed by atoms with Gasteiger partial charge < -0.3 is 25.3 Å². The van der Waals surface area contributed by atoms with Crippen LogP contribution in [-0.4, -0.2) is 52.8 Å². The highest BCUT2D eigenvalue weighted by Gasteiger charge is 2.30. The average Bonchev–Trinajstić information content (AvgIpc) is 2.87. The lowest BCUT2D eigenvalue weighted by molar-refractivity contribution is 0.169. The molecule has 3 heterocycles. The minimum atomic E-state index is -0.537. The quantitative estimate of drug-likeness (QED) is 0.567. The summed E-state index contributed by atoms with van der Waals surface area (Å²) in [5.41, 5.74) is 2.82. The Labute approximate surface area is 160 Å². The number of hydrogen-bond donors (Lipinski definition) is 3. The Bertz CT molecular complexity index is 1190. The zero-order valence-electron chi connectivity index (χ0n) is 15.8. The Balaban J connectivity index is 2.25. The number of aromatic nitrogens is 3. The van der Waals surface area contributed by atoms with E-state index in [9.17, 15) is 9.90 Å². The number of allylic oxidation sites excluding steroid dienone is 1. The number of ether oxygens (including phenoxy) is 2. The first-order valence-electron chi connectivity index (χ1n) is 8.79. The molecule has 1 aromatic carbocycles. The summed E-state index contributed by atoms with van der Waals surface area (Å²) in [5, 5.41) is 21.3. The molecule has 1 unspecified atom stereocenters. The van der Waals surface area contributed by atoms with Crippen LogP contribution < -0.4 is 20.5 Å². The number of imidazole rings is 1. The first-order valence-corrected chi connectivity index (χ1v) is 8.79. The van der Waals surface area contributed by atoms with Gasteiger partial charge in [0.2, 0.25) is 0 Å². The van der Waals surface area contributed by atoms with Crippen molar-refractivity contribution >= 4 is 33.7 Å². The van der Waals surface area contributed by atoms with E-state index in [1.54, 1.807) is 44.2 Å². The van der Waals surface area contributed by atoms with Gasteiger partial charge in [0.25, 0.3) is 0 Å². The number of hydrogen-bond acceptors (Lipinski definition) is 7. The number of benzene rings is 1. The summed E-state index contributed by atoms with van der Waals surface area (Å²) in [6.45, 7) is -0.141. The van der Waals surface area contributed by atoms with Crippen molar-refractivity contribution in [1.82, 2.24) is 19.4 Å². The molecule has 0 amide bonds. The van der Waals surface area contributed by atoms with Gasteiger partial charge in [-0.25, -0.2) is 4.79 Å². The molecule has 28 heavy (non-hydrogen) atoms. The molecule has 2 aromatic heterocycles. The predicted molar refractivity (Wildman–Crippen MR) is 106 cm³/mol. The second kappa shape index (κ2) is 6.68. The molecule has 9 heteroatoms. The van der Waals surface area contributed by atoms with E-state index in [-0.39, 0.29) is 18.9 Å². The Kier molecular flexibility index (Phi) is 4.31. The molecule has 0 radical (unpaired) electrons. The first-order chi connectivity index (χ1) is 13.6. The van der Waals surface area contributed by atoms with Crippen LogP contribution in [0.4, 0.5) is 0 Å². The molecule has 3 aromatic rings. The SMILES string of the molecule is CN/C=C(\C=N)c1c(OC)cc2ncc3c4c2c1OCC(CO)n4c(=O)n3C. The Morgan fingerprint density at radius 3 is 3.00 bits per heavy atom. The largest absolute Gasteiger partial charge is 0.496 e. The molecule has 0 aliphatic carbocycles. The highest BCUT2D eigenvalue weighted by atomic mass is 16.5. The highest BCUT2D eigenvalue weighted by molar-refractivity contribution is 6.16. The number of aliphatic hydroxyl groups is 1. The number of pyridine rings is 1. The highest BCUT2D eigenvalue weighted by Crippen LogP contribution is 2.44. The summed E-state index contributed by atoms with van der Waals surface area (Å²) in [7, 11) is 4.97. The van der Waals surface area contributed by atoms with Crippen molar-refractivity contribution in [2.75, 3.05) is 27.4 Å². The number of nitrogens with one attached hydrogen (secondary N) is 2. The van der Waals surface area contributed by atoms with Crippen molar-refractivity contribution in [1.29, 1.82) is 5.41 Å². The van der Waals surface area contributed by atoms with Crippen LogP contribution in [0, 0.1) is 5.41 Å². The number of rotatable bonds is 5. The molecule has 0 fully saturated rings. The van der Waals surface area contributed by atoms with Crippen molar-refractivity contribution in [3.8, 4) is 11.5 Å². The smallest absolute Gasteiger partial charge is 0.329 e. The summed E-state index contributed by atoms with van der Waals surface area (Å²) < 4.78 is 14.8. The van der Waals surface area contributed by atoms with Crippen molar-refractivity contribution in [2.24, 2.45) is 7.05 Å². The molecule has 1 aliphatic heterocycles. The fourth-order valence-corrected chi connectivity index (χ4v) is 3.77. The van der Waals surface area contributed by atoms with Crippen LogP contribution in [0.25, 0.3) is 27.5 Å². The molecule has 146 valence electrons. The molecule has 1 atom stereocenters. The fourth-order valence-electron chi connectivity index (χ4n) is 3.77. The van der Waals surface area contributed by atoms with Crippen molar-refractivity contribution in [3.05, 3.63) is 34.5 Å². The van der Waals surface area contributed by atoms with Gasteiger partial charge in [0, 0.05) is 38.1 Å². The summed E-state index contributed by atoms with van der Waals surface area (Å²) in [6.07, 6.45) is 4.52. The van der Waals surface area contributed by atoms with Gasteiger partial charge in [0.1, 0.15) is 18.1 Å². The number of aryl methyl sites for hydroxylation is 1. The second-order valence-corrected chi connectivity index (χ2v) is 6.56. The van der Waals surface area contributed by atoms with Gasteiger partial charge in [-0.15, -0.1) is 0 Å². The van der Waals surface area contributed by atoms with Crippen LogP contribution in [0.1, 0.15) is 11.6 Å². The van der Waals surface area contributed by atoms with E-state index in [0.29, 0.717) is 44.6 Å². The summed E-state index contributed by atoms with van der Waals surface area (Å²) in [5.74, 6) is 0.986. The monoisotopic (exact) mass is 383 g/mol. The van der Waals surface area contributed by atoms with E-state index < -0.39 is 6.04 Å². The number of aliphatic hydroxyl groups excluding tert-OH is 1. The lowest BCUT2D eigenvalue weighted by Gasteiger charge is -2.18. The van der Waals surface area contributed by atoms with Crippen LogP contribution >= 0.6 is 0 Å². The summed E-state index contributed by atoms with van der Waals surface area (Å²) in [4.78, 5) is 17.4. The van der Waals surface area contributed by atoms with E-state index in [1.807, 2.05) is 0 Å². The van der Waals surface area contributed by atoms with E-state index in [1.165, 1.54) is 10.8 Å². The van der Waals surface area contributed by atoms with E-state index in [4.69, 9.17) is 14.9 Å². The maximum atomic E-state index is 12.9. The third-order valence-corrected chi connectivity index (χ3v) is 5.08. The van der Waals surface area contributed by atoms with Crippen LogP contribution in [0.5, 0.6) is 11.5 Å².